The minimum Gasteiger partial charge on any atom is -0.126 e. The fraction of sp³-hybridized carbons (Fsp3) is 0.500. The van der Waals surface area contributed by atoms with Crippen molar-refractivity contribution >= 4 is 11.6 Å². The van der Waals surface area contributed by atoms with Crippen molar-refractivity contribution in [2.45, 2.75) is 19.3 Å². The Labute approximate surface area is 61.2 Å². The van der Waals surface area contributed by atoms with E-state index in [0.29, 0.717) is 0 Å². The molecule has 9 heavy (non-hydrogen) atoms. The van der Waals surface area contributed by atoms with Crippen molar-refractivity contribution < 1.29 is 0 Å². The molecule has 0 spiro atoms. The summed E-state index contributed by atoms with van der Waals surface area (Å²) in [5.41, 5.74) is 1.49. The Bertz CT molecular complexity index is 134. The average molecular weight is 143 g/mol. The zero-order valence-corrected chi connectivity index (χ0v) is 6.19. The molecule has 0 N–H and O–H groups in total. The Balaban J connectivity index is 2.32. The first-order chi connectivity index (χ1) is 4.43. The zero-order chi connectivity index (χ0) is 6.53. The van der Waals surface area contributed by atoms with Gasteiger partial charge in [-0.3, -0.25) is 0 Å². The van der Waals surface area contributed by atoms with Crippen LogP contribution in [-0.2, 0) is 0 Å². The van der Waals surface area contributed by atoms with Gasteiger partial charge in [-0.2, -0.15) is 0 Å². The Kier molecular flexibility index (Phi) is 2.85. The molecule has 1 rings (SSSR count). The third-order valence-electron chi connectivity index (χ3n) is 1.50. The molecular weight excluding hydrogens is 132 g/mol. The van der Waals surface area contributed by atoms with Crippen LogP contribution in [0.4, 0.5) is 0 Å². The molecule has 50 valence electrons. The lowest BCUT2D eigenvalue weighted by Crippen LogP contribution is -1.86. The van der Waals surface area contributed by atoms with Crippen LogP contribution in [0.3, 0.4) is 0 Å². The molecule has 1 aliphatic carbocycles. The van der Waals surface area contributed by atoms with Gasteiger partial charge in [-0.25, -0.2) is 0 Å². The van der Waals surface area contributed by atoms with Crippen molar-refractivity contribution in [2.75, 3.05) is 5.88 Å². The lowest BCUT2D eigenvalue weighted by Gasteiger charge is -2.04. The highest BCUT2D eigenvalue weighted by Crippen LogP contribution is 2.14. The van der Waals surface area contributed by atoms with Crippen LogP contribution >= 0.6 is 11.6 Å². The summed E-state index contributed by atoms with van der Waals surface area (Å²) in [5.74, 6) is 0.764. The quantitative estimate of drug-likeness (QED) is 0.411. The van der Waals surface area contributed by atoms with Crippen LogP contribution in [0.2, 0.25) is 0 Å². The summed E-state index contributed by atoms with van der Waals surface area (Å²) in [6.07, 6.45) is 9.95. The van der Waals surface area contributed by atoms with Gasteiger partial charge in [-0.15, -0.1) is 11.6 Å². The van der Waals surface area contributed by atoms with Crippen LogP contribution < -0.4 is 0 Å². The van der Waals surface area contributed by atoms with Crippen molar-refractivity contribution in [1.82, 2.24) is 0 Å². The van der Waals surface area contributed by atoms with Gasteiger partial charge < -0.3 is 0 Å². The molecule has 0 aromatic carbocycles. The van der Waals surface area contributed by atoms with E-state index < -0.39 is 0 Å². The number of hydrogen-bond acceptors (Lipinski definition) is 0. The van der Waals surface area contributed by atoms with Crippen molar-refractivity contribution in [3.8, 4) is 0 Å². The van der Waals surface area contributed by atoms with E-state index in [9.17, 15) is 0 Å². The minimum atomic E-state index is 0.764. The van der Waals surface area contributed by atoms with Crippen LogP contribution in [0, 0.1) is 0 Å². The number of alkyl halides is 1. The topological polar surface area (TPSA) is 0 Å². The van der Waals surface area contributed by atoms with Gasteiger partial charge >= 0.3 is 0 Å². The molecule has 1 heteroatoms. The van der Waals surface area contributed by atoms with Crippen molar-refractivity contribution in [3.05, 3.63) is 23.8 Å². The largest absolute Gasteiger partial charge is 0.126 e. The summed E-state index contributed by atoms with van der Waals surface area (Å²) < 4.78 is 0. The highest BCUT2D eigenvalue weighted by molar-refractivity contribution is 6.18. The van der Waals surface area contributed by atoms with Crippen molar-refractivity contribution in [1.29, 1.82) is 0 Å². The molecule has 0 heterocycles. The fourth-order valence-electron chi connectivity index (χ4n) is 0.974. The normalized spacial score (nSPS) is 17.7. The van der Waals surface area contributed by atoms with Crippen molar-refractivity contribution in [3.63, 3.8) is 0 Å². The second kappa shape index (κ2) is 3.73. The highest BCUT2D eigenvalue weighted by Gasteiger charge is 1.95. The number of allylic oxidation sites excluding steroid dienone is 4. The molecule has 0 saturated heterocycles. The molecule has 0 bridgehead atoms. The molecular formula is C8H11Cl. The Morgan fingerprint density at radius 2 is 2.33 bits per heavy atom. The maximum atomic E-state index is 5.57. The van der Waals surface area contributed by atoms with Crippen LogP contribution in [0.15, 0.2) is 23.8 Å². The summed E-state index contributed by atoms with van der Waals surface area (Å²) in [7, 11) is 0. The van der Waals surface area contributed by atoms with Gasteiger partial charge in [0, 0.05) is 5.88 Å². The van der Waals surface area contributed by atoms with E-state index >= 15 is 0 Å². The molecule has 0 atom stereocenters. The molecule has 0 aromatic rings. The molecule has 0 aromatic heterocycles. The molecule has 0 amide bonds. The van der Waals surface area contributed by atoms with Gasteiger partial charge in [0.25, 0.3) is 0 Å². The van der Waals surface area contributed by atoms with Crippen molar-refractivity contribution in [2.24, 2.45) is 0 Å². The first-order valence-corrected chi connectivity index (χ1v) is 3.86. The monoisotopic (exact) mass is 142 g/mol. The Morgan fingerprint density at radius 1 is 1.44 bits per heavy atom. The van der Waals surface area contributed by atoms with Gasteiger partial charge in [0.1, 0.15) is 0 Å². The molecule has 1 aliphatic rings. The third-order valence-corrected chi connectivity index (χ3v) is 1.69. The predicted octanol–water partition coefficient (Wildman–Crippen LogP) is 2.89. The van der Waals surface area contributed by atoms with Crippen LogP contribution in [0.1, 0.15) is 19.3 Å². The van der Waals surface area contributed by atoms with E-state index in [1.54, 1.807) is 0 Å². The summed E-state index contributed by atoms with van der Waals surface area (Å²) >= 11 is 5.57. The summed E-state index contributed by atoms with van der Waals surface area (Å²) in [6.45, 7) is 0. The fourth-order valence-corrected chi connectivity index (χ4v) is 1.22. The number of halogens is 1. The highest BCUT2D eigenvalue weighted by atomic mass is 35.5. The zero-order valence-electron chi connectivity index (χ0n) is 5.44. The van der Waals surface area contributed by atoms with Gasteiger partial charge in [-0.1, -0.05) is 23.8 Å². The third kappa shape index (κ3) is 2.23. The van der Waals surface area contributed by atoms with Crippen LogP contribution in [-0.4, -0.2) is 5.88 Å². The van der Waals surface area contributed by atoms with E-state index in [1.165, 1.54) is 5.57 Å². The average Bonchev–Trinajstić information content (AvgIpc) is 1.91. The molecule has 0 saturated carbocycles. The molecule has 0 unspecified atom stereocenters. The first-order valence-electron chi connectivity index (χ1n) is 3.32. The molecule has 0 aliphatic heterocycles. The molecule has 0 radical (unpaired) electrons. The van der Waals surface area contributed by atoms with E-state index in [-0.39, 0.29) is 0 Å². The van der Waals surface area contributed by atoms with E-state index in [1.807, 2.05) is 0 Å². The summed E-state index contributed by atoms with van der Waals surface area (Å²) in [6, 6.07) is 0. The number of hydrogen-bond donors (Lipinski definition) is 0. The smallest absolute Gasteiger partial charge is 0.0260 e. The molecule has 0 fully saturated rings. The number of rotatable bonds is 2. The maximum Gasteiger partial charge on any atom is 0.0260 e. The lowest BCUT2D eigenvalue weighted by atomic mass is 10.0. The predicted molar refractivity (Wildman–Crippen MR) is 41.8 cm³/mol. The van der Waals surface area contributed by atoms with Gasteiger partial charge in [0.15, 0.2) is 0 Å². The summed E-state index contributed by atoms with van der Waals surface area (Å²) in [4.78, 5) is 0. The molecule has 0 nitrogen and oxygen atoms in total. The second-order valence-corrected chi connectivity index (χ2v) is 2.59. The maximum absolute atomic E-state index is 5.57. The summed E-state index contributed by atoms with van der Waals surface area (Å²) in [5, 5.41) is 0. The van der Waals surface area contributed by atoms with E-state index in [0.717, 1.165) is 25.1 Å². The standard InChI is InChI=1S/C8H11Cl/c9-7-6-8-4-2-1-3-5-8/h1-2,5H,3-4,6-7H2. The lowest BCUT2D eigenvalue weighted by molar-refractivity contribution is 0.996. The van der Waals surface area contributed by atoms with E-state index in [2.05, 4.69) is 18.2 Å². The van der Waals surface area contributed by atoms with Gasteiger partial charge in [0.2, 0.25) is 0 Å². The van der Waals surface area contributed by atoms with Gasteiger partial charge in [0.05, 0.1) is 0 Å². The van der Waals surface area contributed by atoms with E-state index in [4.69, 9.17) is 11.6 Å². The van der Waals surface area contributed by atoms with Crippen LogP contribution in [0.5, 0.6) is 0 Å². The van der Waals surface area contributed by atoms with Crippen LogP contribution in [0.25, 0.3) is 0 Å². The van der Waals surface area contributed by atoms with Gasteiger partial charge in [-0.05, 0) is 19.3 Å². The SMILES string of the molecule is ClCCC1=CCC=CC1. The Hall–Kier alpha value is -0.230. The second-order valence-electron chi connectivity index (χ2n) is 2.21. The first kappa shape index (κ1) is 6.88. The minimum absolute atomic E-state index is 0.764. The Morgan fingerprint density at radius 3 is 2.89 bits per heavy atom.